The standard InChI is InChI=1S/C12H16N2/c1-4-6-10-9(3)8-14-12(13)11(10)7-5-2/h4-5,8H,1-2,6-7H2,3H3,(H2,13,14). The van der Waals surface area contributed by atoms with E-state index in [0.717, 1.165) is 24.0 Å². The van der Waals surface area contributed by atoms with Crippen molar-refractivity contribution in [2.45, 2.75) is 19.8 Å². The average molecular weight is 188 g/mol. The van der Waals surface area contributed by atoms with Crippen molar-refractivity contribution in [2.75, 3.05) is 5.73 Å². The van der Waals surface area contributed by atoms with E-state index in [1.165, 1.54) is 5.56 Å². The quantitative estimate of drug-likeness (QED) is 0.737. The van der Waals surface area contributed by atoms with Gasteiger partial charge in [0, 0.05) is 11.8 Å². The van der Waals surface area contributed by atoms with E-state index in [0.29, 0.717) is 5.82 Å². The topological polar surface area (TPSA) is 38.9 Å². The molecule has 1 aromatic heterocycles. The summed E-state index contributed by atoms with van der Waals surface area (Å²) in [5.74, 6) is 0.604. The number of nitrogens with two attached hydrogens (primary N) is 1. The number of anilines is 1. The van der Waals surface area contributed by atoms with Crippen molar-refractivity contribution in [3.8, 4) is 0 Å². The number of aryl methyl sites for hydroxylation is 1. The maximum absolute atomic E-state index is 5.81. The fourth-order valence-corrected chi connectivity index (χ4v) is 1.52. The Kier molecular flexibility index (Phi) is 3.46. The molecule has 1 rings (SSSR count). The van der Waals surface area contributed by atoms with Gasteiger partial charge in [-0.15, -0.1) is 13.2 Å². The van der Waals surface area contributed by atoms with Crippen molar-refractivity contribution in [2.24, 2.45) is 0 Å². The van der Waals surface area contributed by atoms with Crippen molar-refractivity contribution >= 4 is 5.82 Å². The fraction of sp³-hybridized carbons (Fsp3) is 0.250. The van der Waals surface area contributed by atoms with Crippen LogP contribution in [0.15, 0.2) is 31.5 Å². The van der Waals surface area contributed by atoms with E-state index in [1.807, 2.05) is 19.1 Å². The lowest BCUT2D eigenvalue weighted by Crippen LogP contribution is -2.03. The molecule has 0 amide bonds. The van der Waals surface area contributed by atoms with Gasteiger partial charge in [-0.25, -0.2) is 4.98 Å². The minimum atomic E-state index is 0.604. The summed E-state index contributed by atoms with van der Waals surface area (Å²) in [7, 11) is 0. The van der Waals surface area contributed by atoms with Crippen LogP contribution in [-0.4, -0.2) is 4.98 Å². The molecule has 2 N–H and O–H groups in total. The van der Waals surface area contributed by atoms with Crippen LogP contribution < -0.4 is 5.73 Å². The Balaban J connectivity index is 3.24. The smallest absolute Gasteiger partial charge is 0.127 e. The van der Waals surface area contributed by atoms with Gasteiger partial charge in [0.2, 0.25) is 0 Å². The molecule has 0 aromatic carbocycles. The minimum Gasteiger partial charge on any atom is -0.383 e. The number of hydrogen-bond acceptors (Lipinski definition) is 2. The van der Waals surface area contributed by atoms with E-state index in [-0.39, 0.29) is 0 Å². The number of rotatable bonds is 4. The van der Waals surface area contributed by atoms with Crippen molar-refractivity contribution in [1.82, 2.24) is 4.98 Å². The number of nitrogen functional groups attached to an aromatic ring is 1. The molecule has 1 aromatic rings. The van der Waals surface area contributed by atoms with Crippen molar-refractivity contribution in [1.29, 1.82) is 0 Å². The van der Waals surface area contributed by atoms with Crippen molar-refractivity contribution in [3.63, 3.8) is 0 Å². The Morgan fingerprint density at radius 2 is 1.86 bits per heavy atom. The summed E-state index contributed by atoms with van der Waals surface area (Å²) < 4.78 is 0. The van der Waals surface area contributed by atoms with Gasteiger partial charge in [-0.3, -0.25) is 0 Å². The molecule has 2 heteroatoms. The van der Waals surface area contributed by atoms with E-state index in [4.69, 9.17) is 5.73 Å². The number of hydrogen-bond donors (Lipinski definition) is 1. The fourth-order valence-electron chi connectivity index (χ4n) is 1.52. The molecule has 0 atom stereocenters. The second-order valence-electron chi connectivity index (χ2n) is 3.27. The number of nitrogens with zero attached hydrogens (tertiary/aromatic N) is 1. The first-order valence-corrected chi connectivity index (χ1v) is 4.65. The van der Waals surface area contributed by atoms with Gasteiger partial charge >= 0.3 is 0 Å². The van der Waals surface area contributed by atoms with Crippen molar-refractivity contribution < 1.29 is 0 Å². The first-order valence-electron chi connectivity index (χ1n) is 4.65. The van der Waals surface area contributed by atoms with Crippen LogP contribution in [0.4, 0.5) is 5.82 Å². The Morgan fingerprint density at radius 3 is 2.43 bits per heavy atom. The van der Waals surface area contributed by atoms with Gasteiger partial charge in [0.1, 0.15) is 5.82 Å². The summed E-state index contributed by atoms with van der Waals surface area (Å²) in [5.41, 5.74) is 9.29. The van der Waals surface area contributed by atoms with Crippen LogP contribution in [0.2, 0.25) is 0 Å². The van der Waals surface area contributed by atoms with E-state index in [2.05, 4.69) is 18.1 Å². The molecular weight excluding hydrogens is 172 g/mol. The maximum Gasteiger partial charge on any atom is 0.127 e. The molecule has 0 bridgehead atoms. The van der Waals surface area contributed by atoms with Gasteiger partial charge in [0.25, 0.3) is 0 Å². The molecule has 0 saturated carbocycles. The maximum atomic E-state index is 5.81. The zero-order valence-electron chi connectivity index (χ0n) is 8.59. The molecule has 0 aliphatic rings. The zero-order valence-corrected chi connectivity index (χ0v) is 8.59. The van der Waals surface area contributed by atoms with Crippen LogP contribution in [0.5, 0.6) is 0 Å². The van der Waals surface area contributed by atoms with Gasteiger partial charge < -0.3 is 5.73 Å². The van der Waals surface area contributed by atoms with Gasteiger partial charge in [0.05, 0.1) is 0 Å². The van der Waals surface area contributed by atoms with E-state index in [1.54, 1.807) is 6.20 Å². The summed E-state index contributed by atoms with van der Waals surface area (Å²) in [6.07, 6.45) is 7.14. The number of allylic oxidation sites excluding steroid dienone is 2. The van der Waals surface area contributed by atoms with Crippen LogP contribution in [-0.2, 0) is 12.8 Å². The SMILES string of the molecule is C=CCc1c(C)cnc(N)c1CC=C. The Hall–Kier alpha value is -1.57. The summed E-state index contributed by atoms with van der Waals surface area (Å²) in [5, 5.41) is 0. The Labute approximate surface area is 85.2 Å². The number of aromatic nitrogens is 1. The lowest BCUT2D eigenvalue weighted by atomic mass is 9.99. The lowest BCUT2D eigenvalue weighted by molar-refractivity contribution is 1.08. The first kappa shape index (κ1) is 10.5. The van der Waals surface area contributed by atoms with Crippen molar-refractivity contribution in [3.05, 3.63) is 48.2 Å². The van der Waals surface area contributed by atoms with Gasteiger partial charge in [-0.05, 0) is 30.9 Å². The van der Waals surface area contributed by atoms with E-state index in [9.17, 15) is 0 Å². The summed E-state index contributed by atoms with van der Waals surface area (Å²) >= 11 is 0. The molecule has 1 heterocycles. The normalized spacial score (nSPS) is 9.79. The molecule has 74 valence electrons. The first-order chi connectivity index (χ1) is 6.70. The highest BCUT2D eigenvalue weighted by molar-refractivity contribution is 5.49. The van der Waals surface area contributed by atoms with Crippen LogP contribution in [0.1, 0.15) is 16.7 Å². The molecule has 0 aliphatic carbocycles. The van der Waals surface area contributed by atoms with E-state index >= 15 is 0 Å². The number of pyridine rings is 1. The molecule has 0 aliphatic heterocycles. The van der Waals surface area contributed by atoms with E-state index < -0.39 is 0 Å². The molecule has 0 fully saturated rings. The highest BCUT2D eigenvalue weighted by Crippen LogP contribution is 2.20. The highest BCUT2D eigenvalue weighted by Gasteiger charge is 2.07. The largest absolute Gasteiger partial charge is 0.383 e. The van der Waals surface area contributed by atoms with Crippen LogP contribution in [0.3, 0.4) is 0 Å². The van der Waals surface area contributed by atoms with Crippen LogP contribution in [0.25, 0.3) is 0 Å². The molecule has 0 spiro atoms. The molecule has 0 unspecified atom stereocenters. The molecule has 0 saturated heterocycles. The third kappa shape index (κ3) is 2.02. The van der Waals surface area contributed by atoms with Gasteiger partial charge in [0.15, 0.2) is 0 Å². The second-order valence-corrected chi connectivity index (χ2v) is 3.27. The predicted molar refractivity (Wildman–Crippen MR) is 61.2 cm³/mol. The lowest BCUT2D eigenvalue weighted by Gasteiger charge is -2.11. The van der Waals surface area contributed by atoms with Crippen LogP contribution >= 0.6 is 0 Å². The monoisotopic (exact) mass is 188 g/mol. The summed E-state index contributed by atoms with van der Waals surface area (Å²) in [6, 6.07) is 0. The minimum absolute atomic E-state index is 0.604. The molecular formula is C12H16N2. The molecule has 2 nitrogen and oxygen atoms in total. The Morgan fingerprint density at radius 1 is 1.29 bits per heavy atom. The summed E-state index contributed by atoms with van der Waals surface area (Å²) in [4.78, 5) is 4.14. The summed E-state index contributed by atoms with van der Waals surface area (Å²) in [6.45, 7) is 9.50. The third-order valence-corrected chi connectivity index (χ3v) is 2.24. The van der Waals surface area contributed by atoms with Gasteiger partial charge in [-0.2, -0.15) is 0 Å². The van der Waals surface area contributed by atoms with Crippen LogP contribution in [0, 0.1) is 6.92 Å². The van der Waals surface area contributed by atoms with Gasteiger partial charge in [-0.1, -0.05) is 12.2 Å². The highest BCUT2D eigenvalue weighted by atomic mass is 14.8. The zero-order chi connectivity index (χ0) is 10.6. The Bertz CT molecular complexity index is 319. The molecule has 0 radical (unpaired) electrons. The third-order valence-electron chi connectivity index (χ3n) is 2.24. The molecule has 14 heavy (non-hydrogen) atoms. The average Bonchev–Trinajstić information content (AvgIpc) is 2.17. The predicted octanol–water partition coefficient (Wildman–Crippen LogP) is 2.43. The second kappa shape index (κ2) is 4.61.